The van der Waals surface area contributed by atoms with Crippen molar-refractivity contribution in [1.82, 2.24) is 9.55 Å². The van der Waals surface area contributed by atoms with Crippen LogP contribution >= 0.6 is 15.9 Å². The van der Waals surface area contributed by atoms with Crippen molar-refractivity contribution < 1.29 is 9.53 Å². The van der Waals surface area contributed by atoms with Crippen LogP contribution in [0.25, 0.3) is 0 Å². The second-order valence-electron chi connectivity index (χ2n) is 4.93. The minimum atomic E-state index is -0.603. The van der Waals surface area contributed by atoms with Crippen molar-refractivity contribution in [2.75, 3.05) is 12.4 Å². The number of methoxy groups -OCH3 is 1. The molecule has 5 nitrogen and oxygen atoms in total. The molecule has 112 valence electrons. The molecule has 0 bridgehead atoms. The Labute approximate surface area is 132 Å². The maximum atomic E-state index is 12.1. The topological polar surface area (TPSA) is 56.1 Å². The van der Waals surface area contributed by atoms with Crippen LogP contribution in [-0.2, 0) is 9.53 Å². The quantitative estimate of drug-likeness (QED) is 0.836. The predicted octanol–water partition coefficient (Wildman–Crippen LogP) is 3.55. The maximum Gasteiger partial charge on any atom is 0.334 e. The van der Waals surface area contributed by atoms with E-state index in [0.717, 1.165) is 15.9 Å². The molecular weight excluding hydrogens is 334 g/mol. The Morgan fingerprint density at radius 2 is 2.19 bits per heavy atom. The van der Waals surface area contributed by atoms with Gasteiger partial charge in [0.2, 0.25) is 0 Å². The molecule has 0 saturated carbocycles. The van der Waals surface area contributed by atoms with Crippen LogP contribution in [0.2, 0.25) is 0 Å². The van der Waals surface area contributed by atoms with Gasteiger partial charge in [-0.2, -0.15) is 0 Å². The molecule has 0 amide bonds. The Morgan fingerprint density at radius 3 is 2.81 bits per heavy atom. The van der Waals surface area contributed by atoms with Gasteiger partial charge in [-0.15, -0.1) is 0 Å². The molecule has 1 unspecified atom stereocenters. The summed E-state index contributed by atoms with van der Waals surface area (Å²) in [5, 5.41) is 3.20. The normalized spacial score (nSPS) is 12.2. The summed E-state index contributed by atoms with van der Waals surface area (Å²) in [6, 6.07) is 7.24. The van der Waals surface area contributed by atoms with Gasteiger partial charge in [0.15, 0.2) is 6.04 Å². The molecular formula is C15H18BrN3O2. The standard InChI is InChI=1S/C15H18BrN3O2/c1-10(2)19-9-17-8-13(19)14(15(20)21-3)18-12-6-4-5-11(16)7-12/h4-10,14,18H,1-3H3. The lowest BCUT2D eigenvalue weighted by Gasteiger charge is -2.21. The molecule has 6 heteroatoms. The maximum absolute atomic E-state index is 12.1. The fourth-order valence-corrected chi connectivity index (χ4v) is 2.49. The first-order valence-electron chi connectivity index (χ1n) is 6.64. The number of aromatic nitrogens is 2. The van der Waals surface area contributed by atoms with Gasteiger partial charge in [-0.1, -0.05) is 22.0 Å². The van der Waals surface area contributed by atoms with Crippen molar-refractivity contribution in [2.24, 2.45) is 0 Å². The lowest BCUT2D eigenvalue weighted by Crippen LogP contribution is -2.25. The summed E-state index contributed by atoms with van der Waals surface area (Å²) in [5.41, 5.74) is 1.60. The number of carbonyl (C=O) groups excluding carboxylic acids is 1. The van der Waals surface area contributed by atoms with Crippen molar-refractivity contribution in [3.05, 3.63) is 47.0 Å². The Bertz CT molecular complexity index is 625. The van der Waals surface area contributed by atoms with Crippen LogP contribution in [0.4, 0.5) is 5.69 Å². The number of hydrogen-bond acceptors (Lipinski definition) is 4. The molecule has 0 radical (unpaired) electrons. The molecule has 0 aliphatic carbocycles. The van der Waals surface area contributed by atoms with E-state index in [1.807, 2.05) is 42.7 Å². The molecule has 0 spiro atoms. The van der Waals surface area contributed by atoms with Crippen LogP contribution in [0.5, 0.6) is 0 Å². The third-order valence-corrected chi connectivity index (χ3v) is 3.61. The first kappa shape index (κ1) is 15.6. The van der Waals surface area contributed by atoms with Crippen molar-refractivity contribution in [3.8, 4) is 0 Å². The third kappa shape index (κ3) is 3.64. The average Bonchev–Trinajstić information content (AvgIpc) is 2.93. The fourth-order valence-electron chi connectivity index (χ4n) is 2.09. The van der Waals surface area contributed by atoms with Crippen LogP contribution in [0.3, 0.4) is 0 Å². The Hall–Kier alpha value is -1.82. The lowest BCUT2D eigenvalue weighted by atomic mass is 10.2. The summed E-state index contributed by atoms with van der Waals surface area (Å²) in [6.07, 6.45) is 3.41. The van der Waals surface area contributed by atoms with Gasteiger partial charge in [0.25, 0.3) is 0 Å². The molecule has 1 heterocycles. The molecule has 21 heavy (non-hydrogen) atoms. The number of carbonyl (C=O) groups is 1. The third-order valence-electron chi connectivity index (χ3n) is 3.12. The highest BCUT2D eigenvalue weighted by molar-refractivity contribution is 9.10. The smallest absolute Gasteiger partial charge is 0.334 e. The van der Waals surface area contributed by atoms with E-state index in [4.69, 9.17) is 4.74 Å². The first-order chi connectivity index (χ1) is 10.0. The number of anilines is 1. The van der Waals surface area contributed by atoms with Gasteiger partial charge in [-0.05, 0) is 32.0 Å². The summed E-state index contributed by atoms with van der Waals surface area (Å²) >= 11 is 3.42. The van der Waals surface area contributed by atoms with Crippen molar-refractivity contribution in [2.45, 2.75) is 25.9 Å². The van der Waals surface area contributed by atoms with E-state index in [1.54, 1.807) is 12.5 Å². The highest BCUT2D eigenvalue weighted by Gasteiger charge is 2.25. The Kier molecular flexibility index (Phi) is 5.01. The molecule has 0 aliphatic heterocycles. The first-order valence-corrected chi connectivity index (χ1v) is 7.44. The number of benzene rings is 1. The number of ether oxygens (including phenoxy) is 1. The Balaban J connectivity index is 2.35. The average molecular weight is 352 g/mol. The summed E-state index contributed by atoms with van der Waals surface area (Å²) in [7, 11) is 1.38. The van der Waals surface area contributed by atoms with Gasteiger partial charge in [0, 0.05) is 16.2 Å². The zero-order valence-electron chi connectivity index (χ0n) is 12.2. The second-order valence-corrected chi connectivity index (χ2v) is 5.85. The van der Waals surface area contributed by atoms with Gasteiger partial charge in [-0.25, -0.2) is 9.78 Å². The summed E-state index contributed by atoms with van der Waals surface area (Å²) < 4.78 is 7.81. The summed E-state index contributed by atoms with van der Waals surface area (Å²) in [4.78, 5) is 16.3. The van der Waals surface area contributed by atoms with E-state index in [1.165, 1.54) is 7.11 Å². The van der Waals surface area contributed by atoms with Crippen molar-refractivity contribution >= 4 is 27.6 Å². The lowest BCUT2D eigenvalue weighted by molar-refractivity contribution is -0.141. The SMILES string of the molecule is COC(=O)C(Nc1cccc(Br)c1)c1cncn1C(C)C. The molecule has 2 aromatic rings. The van der Waals surface area contributed by atoms with Gasteiger partial charge >= 0.3 is 5.97 Å². The van der Waals surface area contributed by atoms with E-state index in [2.05, 4.69) is 26.2 Å². The number of halogens is 1. The molecule has 1 aromatic carbocycles. The molecule has 0 saturated heterocycles. The molecule has 0 aliphatic rings. The minimum Gasteiger partial charge on any atom is -0.467 e. The zero-order valence-corrected chi connectivity index (χ0v) is 13.8. The van der Waals surface area contributed by atoms with Crippen LogP contribution in [0.1, 0.15) is 31.6 Å². The summed E-state index contributed by atoms with van der Waals surface area (Å²) in [5.74, 6) is -0.350. The molecule has 0 fully saturated rings. The monoisotopic (exact) mass is 351 g/mol. The molecule has 1 atom stereocenters. The Morgan fingerprint density at radius 1 is 1.43 bits per heavy atom. The molecule has 1 N–H and O–H groups in total. The minimum absolute atomic E-state index is 0.207. The van der Waals surface area contributed by atoms with Gasteiger partial charge in [0.1, 0.15) is 0 Å². The highest BCUT2D eigenvalue weighted by Crippen LogP contribution is 2.24. The highest BCUT2D eigenvalue weighted by atomic mass is 79.9. The van der Waals surface area contributed by atoms with Crippen molar-refractivity contribution in [3.63, 3.8) is 0 Å². The van der Waals surface area contributed by atoms with E-state index < -0.39 is 6.04 Å². The van der Waals surface area contributed by atoms with Gasteiger partial charge in [0.05, 0.1) is 25.3 Å². The second kappa shape index (κ2) is 6.76. The van der Waals surface area contributed by atoms with Crippen LogP contribution < -0.4 is 5.32 Å². The number of imidazole rings is 1. The van der Waals surface area contributed by atoms with E-state index in [0.29, 0.717) is 0 Å². The van der Waals surface area contributed by atoms with Gasteiger partial charge in [-0.3, -0.25) is 0 Å². The van der Waals surface area contributed by atoms with Crippen molar-refractivity contribution in [1.29, 1.82) is 0 Å². The number of nitrogens with one attached hydrogen (secondary N) is 1. The zero-order chi connectivity index (χ0) is 15.4. The molecule has 2 rings (SSSR count). The molecule has 1 aromatic heterocycles. The number of rotatable bonds is 5. The number of nitrogens with zero attached hydrogens (tertiary/aromatic N) is 2. The van der Waals surface area contributed by atoms with Crippen LogP contribution in [0, 0.1) is 0 Å². The summed E-state index contributed by atoms with van der Waals surface area (Å²) in [6.45, 7) is 4.08. The number of esters is 1. The van der Waals surface area contributed by atoms with Gasteiger partial charge < -0.3 is 14.6 Å². The number of hydrogen-bond donors (Lipinski definition) is 1. The van der Waals surface area contributed by atoms with E-state index >= 15 is 0 Å². The largest absolute Gasteiger partial charge is 0.467 e. The predicted molar refractivity (Wildman–Crippen MR) is 85.1 cm³/mol. The van der Waals surface area contributed by atoms with E-state index in [-0.39, 0.29) is 12.0 Å². The van der Waals surface area contributed by atoms with Crippen LogP contribution in [0.15, 0.2) is 41.3 Å². The van der Waals surface area contributed by atoms with Crippen LogP contribution in [-0.4, -0.2) is 22.6 Å². The fraction of sp³-hybridized carbons (Fsp3) is 0.333. The van der Waals surface area contributed by atoms with E-state index in [9.17, 15) is 4.79 Å².